The predicted molar refractivity (Wildman–Crippen MR) is 84.6 cm³/mol. The van der Waals surface area contributed by atoms with Crippen LogP contribution in [0, 0.1) is 0 Å². The van der Waals surface area contributed by atoms with Gasteiger partial charge in [-0.2, -0.15) is 4.98 Å². The number of nitrogens with zero attached hydrogens (tertiary/aromatic N) is 4. The lowest BCUT2D eigenvalue weighted by atomic mass is 10.2. The Kier molecular flexibility index (Phi) is 4.81. The number of aliphatic hydroxyl groups is 2. The minimum absolute atomic E-state index is 0.125. The third kappa shape index (κ3) is 3.09. The summed E-state index contributed by atoms with van der Waals surface area (Å²) in [6.45, 7) is 0. The average molecular weight is 365 g/mol. The van der Waals surface area contributed by atoms with Gasteiger partial charge in [-0.3, -0.25) is 20.2 Å². The minimum Gasteiger partial charge on any atom is -0.465 e. The fourth-order valence-electron chi connectivity index (χ4n) is 2.62. The van der Waals surface area contributed by atoms with Crippen LogP contribution >= 0.6 is 0 Å². The molecule has 0 aromatic carbocycles. The molecule has 0 spiro atoms. The van der Waals surface area contributed by atoms with Crippen molar-refractivity contribution in [3.63, 3.8) is 0 Å². The lowest BCUT2D eigenvalue weighted by molar-refractivity contribution is -0.0391. The number of aromatic nitrogens is 3. The third-order valence-electron chi connectivity index (χ3n) is 3.83. The van der Waals surface area contributed by atoms with E-state index in [1.54, 1.807) is 5.48 Å². The second-order valence-corrected chi connectivity index (χ2v) is 5.37. The van der Waals surface area contributed by atoms with E-state index in [1.807, 2.05) is 0 Å². The summed E-state index contributed by atoms with van der Waals surface area (Å²) >= 11 is 0. The van der Waals surface area contributed by atoms with Gasteiger partial charge in [-0.1, -0.05) is 0 Å². The molecule has 12 heteroatoms. The third-order valence-corrected chi connectivity index (χ3v) is 3.83. The normalized spacial score (nSPS) is 25.0. The van der Waals surface area contributed by atoms with Gasteiger partial charge in [0.05, 0.1) is 5.69 Å². The second-order valence-electron chi connectivity index (χ2n) is 5.37. The van der Waals surface area contributed by atoms with Gasteiger partial charge in [-0.15, -0.1) is 0 Å². The Morgan fingerprint density at radius 1 is 1.23 bits per heavy atom. The van der Waals surface area contributed by atoms with E-state index in [0.29, 0.717) is 0 Å². The number of carbonyl (C=O) groups is 1. The van der Waals surface area contributed by atoms with Gasteiger partial charge in [0.15, 0.2) is 18.3 Å². The van der Waals surface area contributed by atoms with Gasteiger partial charge >= 0.3 is 11.8 Å². The van der Waals surface area contributed by atoms with Crippen LogP contribution in [0.1, 0.15) is 6.23 Å². The van der Waals surface area contributed by atoms with Crippen LogP contribution in [0.2, 0.25) is 0 Å². The van der Waals surface area contributed by atoms with Crippen molar-refractivity contribution in [2.75, 3.05) is 10.4 Å². The molecule has 26 heavy (non-hydrogen) atoms. The summed E-state index contributed by atoms with van der Waals surface area (Å²) in [4.78, 5) is 31.7. The highest BCUT2D eigenvalue weighted by molar-refractivity contribution is 5.86. The highest BCUT2D eigenvalue weighted by atomic mass is 16.6. The van der Waals surface area contributed by atoms with Crippen molar-refractivity contribution in [2.45, 2.75) is 24.7 Å². The molecule has 1 aliphatic rings. The Labute approximate surface area is 145 Å². The lowest BCUT2D eigenvalue weighted by Gasteiger charge is -2.27. The molecule has 0 aliphatic carbocycles. The van der Waals surface area contributed by atoms with Crippen molar-refractivity contribution in [1.82, 2.24) is 14.5 Å². The Bertz CT molecular complexity index is 845. The summed E-state index contributed by atoms with van der Waals surface area (Å²) in [6, 6.07) is 4.01. The Balaban J connectivity index is 1.94. The quantitative estimate of drug-likeness (QED) is 0.432. The predicted octanol–water partition coefficient (Wildman–Crippen LogP) is -0.799. The molecule has 1 aliphatic heterocycles. The number of rotatable bonds is 4. The van der Waals surface area contributed by atoms with Crippen LogP contribution in [0.25, 0.3) is 0 Å². The van der Waals surface area contributed by atoms with Gasteiger partial charge in [0.2, 0.25) is 0 Å². The summed E-state index contributed by atoms with van der Waals surface area (Å²) in [5.74, 6) is -0.125. The number of nitrogens with one attached hydrogen (secondary N) is 1. The number of aliphatic hydroxyl groups excluding tert-OH is 2. The van der Waals surface area contributed by atoms with Crippen LogP contribution in [-0.4, -0.2) is 59.6 Å². The number of pyridine rings is 1. The minimum atomic E-state index is -1.63. The summed E-state index contributed by atoms with van der Waals surface area (Å²) in [5, 5.41) is 38.8. The lowest BCUT2D eigenvalue weighted by Crippen LogP contribution is -2.47. The van der Waals surface area contributed by atoms with Gasteiger partial charge in [0.25, 0.3) is 0 Å². The van der Waals surface area contributed by atoms with Crippen LogP contribution in [0.4, 0.5) is 16.3 Å². The van der Waals surface area contributed by atoms with E-state index in [4.69, 9.17) is 9.94 Å². The molecular formula is C14H15N5O7. The molecule has 5 N–H and O–H groups in total. The van der Waals surface area contributed by atoms with Crippen molar-refractivity contribution >= 4 is 17.6 Å². The maximum atomic E-state index is 12.0. The first kappa shape index (κ1) is 17.8. The Morgan fingerprint density at radius 3 is 2.50 bits per heavy atom. The van der Waals surface area contributed by atoms with E-state index in [-0.39, 0.29) is 11.5 Å². The molecule has 3 heterocycles. The number of ether oxygens (including phenoxy) is 1. The highest BCUT2D eigenvalue weighted by Crippen LogP contribution is 2.32. The van der Waals surface area contributed by atoms with Crippen molar-refractivity contribution in [3.05, 3.63) is 47.3 Å². The summed E-state index contributed by atoms with van der Waals surface area (Å²) in [7, 11) is 0. The van der Waals surface area contributed by atoms with E-state index in [9.17, 15) is 24.9 Å². The van der Waals surface area contributed by atoms with Gasteiger partial charge in [-0.25, -0.2) is 14.5 Å². The van der Waals surface area contributed by atoms with Crippen LogP contribution in [-0.2, 0) is 4.74 Å². The molecule has 4 atom stereocenters. The van der Waals surface area contributed by atoms with Crippen molar-refractivity contribution in [2.24, 2.45) is 0 Å². The fourth-order valence-corrected chi connectivity index (χ4v) is 2.62. The zero-order chi connectivity index (χ0) is 18.8. The smallest absolute Gasteiger partial charge is 0.414 e. The highest BCUT2D eigenvalue weighted by Gasteiger charge is 2.48. The zero-order valence-electron chi connectivity index (χ0n) is 13.1. The molecule has 2 aromatic heterocycles. The number of anilines is 2. The molecule has 0 saturated carbocycles. The van der Waals surface area contributed by atoms with E-state index >= 15 is 0 Å². The van der Waals surface area contributed by atoms with Crippen molar-refractivity contribution < 1.29 is 30.1 Å². The fraction of sp³-hybridized carbons (Fsp3) is 0.286. The Morgan fingerprint density at radius 2 is 1.92 bits per heavy atom. The van der Waals surface area contributed by atoms with Gasteiger partial charge in [0.1, 0.15) is 12.2 Å². The second kappa shape index (κ2) is 7.05. The van der Waals surface area contributed by atoms with Crippen LogP contribution in [0.5, 0.6) is 0 Å². The SMILES string of the molecule is O=C(O)N(c1ccncc1)[C@@H]1O[C@@H](n2ccc(NO)nc2=O)[C@H](O)[C@@H]1O. The van der Waals surface area contributed by atoms with Crippen molar-refractivity contribution in [3.8, 4) is 0 Å². The number of carboxylic acid groups (broad SMARTS) is 1. The van der Waals surface area contributed by atoms with E-state index in [0.717, 1.165) is 9.47 Å². The molecular weight excluding hydrogens is 350 g/mol. The Hall–Kier alpha value is -3.06. The first-order valence-corrected chi connectivity index (χ1v) is 7.37. The van der Waals surface area contributed by atoms with Crippen molar-refractivity contribution in [1.29, 1.82) is 0 Å². The van der Waals surface area contributed by atoms with E-state index in [1.165, 1.54) is 36.8 Å². The topological polar surface area (TPSA) is 170 Å². The number of hydrogen-bond donors (Lipinski definition) is 5. The molecule has 12 nitrogen and oxygen atoms in total. The summed E-state index contributed by atoms with van der Waals surface area (Å²) < 4.78 is 6.35. The van der Waals surface area contributed by atoms with E-state index < -0.39 is 36.4 Å². The number of hydrogen-bond acceptors (Lipinski definition) is 9. The van der Waals surface area contributed by atoms with E-state index in [2.05, 4.69) is 9.97 Å². The van der Waals surface area contributed by atoms with Gasteiger partial charge in [-0.05, 0) is 18.2 Å². The monoisotopic (exact) mass is 365 g/mol. The molecule has 0 radical (unpaired) electrons. The molecule has 0 unspecified atom stereocenters. The maximum Gasteiger partial charge on any atom is 0.414 e. The maximum absolute atomic E-state index is 12.0. The van der Waals surface area contributed by atoms with Crippen LogP contribution < -0.4 is 16.1 Å². The molecule has 2 aromatic rings. The zero-order valence-corrected chi connectivity index (χ0v) is 13.1. The van der Waals surface area contributed by atoms with Crippen LogP contribution in [0.15, 0.2) is 41.6 Å². The van der Waals surface area contributed by atoms with Gasteiger partial charge in [0, 0.05) is 18.6 Å². The molecule has 1 fully saturated rings. The average Bonchev–Trinajstić information content (AvgIpc) is 2.91. The molecule has 138 valence electrons. The van der Waals surface area contributed by atoms with Gasteiger partial charge < -0.3 is 20.1 Å². The molecule has 1 saturated heterocycles. The molecule has 3 rings (SSSR count). The largest absolute Gasteiger partial charge is 0.465 e. The first-order chi connectivity index (χ1) is 12.4. The van der Waals surface area contributed by atoms with Crippen LogP contribution in [0.3, 0.4) is 0 Å². The summed E-state index contributed by atoms with van der Waals surface area (Å²) in [5.41, 5.74) is 0.979. The molecule has 0 bridgehead atoms. The summed E-state index contributed by atoms with van der Waals surface area (Å²) in [6.07, 6.45) is -3.63. The number of amides is 1. The molecule has 1 amide bonds. The first-order valence-electron chi connectivity index (χ1n) is 7.37. The standard InChI is InChI=1S/C14H15N5O7/c20-9-10(21)12(19(14(23)24)7-1-4-15-5-2-7)26-11(9)18-6-3-8(17-25)16-13(18)22/h1-6,9-12,20-21,25H,(H,23,24)(H,16,17,22)/t9-,10+,11-,12-/m1/s1.